The van der Waals surface area contributed by atoms with Crippen molar-refractivity contribution in [2.45, 2.75) is 0 Å². The van der Waals surface area contributed by atoms with Crippen LogP contribution in [0, 0.1) is 0 Å². The van der Waals surface area contributed by atoms with E-state index < -0.39 is 0 Å². The van der Waals surface area contributed by atoms with Crippen LogP contribution in [0.5, 0.6) is 0 Å². The summed E-state index contributed by atoms with van der Waals surface area (Å²) in [6.07, 6.45) is 3.90. The first-order chi connectivity index (χ1) is 12.3. The second kappa shape index (κ2) is 6.57. The summed E-state index contributed by atoms with van der Waals surface area (Å²) in [7, 11) is 0. The van der Waals surface area contributed by atoms with E-state index in [2.05, 4.69) is 5.10 Å². The van der Waals surface area contributed by atoms with Gasteiger partial charge in [0.15, 0.2) is 0 Å². The molecule has 0 saturated heterocycles. The predicted molar refractivity (Wildman–Crippen MR) is 102 cm³/mol. The first-order valence-electron chi connectivity index (χ1n) is 8.13. The fraction of sp³-hybridized carbons (Fsp3) is 0. The fourth-order valence-corrected chi connectivity index (χ4v) is 2.81. The average Bonchev–Trinajstić information content (AvgIpc) is 2.68. The molecule has 4 rings (SSSR count). The molecule has 0 saturated carbocycles. The molecule has 0 atom stereocenters. The number of fused-ring (bicyclic) bond motifs is 1. The number of allylic oxidation sites excluding steroid dienone is 1. The summed E-state index contributed by atoms with van der Waals surface area (Å²) >= 11 is 0. The van der Waals surface area contributed by atoms with Crippen LogP contribution in [0.4, 0.5) is 5.69 Å². The summed E-state index contributed by atoms with van der Waals surface area (Å²) in [6.45, 7) is 0. The molecule has 120 valence electrons. The lowest BCUT2D eigenvalue weighted by atomic mass is 10.0. The standard InChI is InChI=1S/C22H16N2O/c25-22-20-14-8-7-9-17(20)15-16-21(18-10-3-1-4-11-18)23-24(22)19-12-5-2-6-13-19/h1-16H/b16-15-,23-21+. The third-order valence-corrected chi connectivity index (χ3v) is 4.08. The first kappa shape index (κ1) is 15.1. The Morgan fingerprint density at radius 1 is 0.680 bits per heavy atom. The molecule has 3 aromatic rings. The van der Waals surface area contributed by atoms with Crippen LogP contribution in [0.2, 0.25) is 0 Å². The van der Waals surface area contributed by atoms with Gasteiger partial charge in [0.25, 0.3) is 5.91 Å². The summed E-state index contributed by atoms with van der Waals surface area (Å²) in [4.78, 5) is 13.2. The van der Waals surface area contributed by atoms with E-state index in [-0.39, 0.29) is 5.91 Å². The minimum absolute atomic E-state index is 0.139. The first-order valence-corrected chi connectivity index (χ1v) is 8.13. The van der Waals surface area contributed by atoms with Gasteiger partial charge in [-0.2, -0.15) is 10.1 Å². The number of carbonyl (C=O) groups is 1. The van der Waals surface area contributed by atoms with Crippen LogP contribution in [0.1, 0.15) is 21.5 Å². The van der Waals surface area contributed by atoms with Crippen LogP contribution in [-0.2, 0) is 0 Å². The summed E-state index contributed by atoms with van der Waals surface area (Å²) in [5.41, 5.74) is 3.97. The van der Waals surface area contributed by atoms with E-state index in [0.717, 1.165) is 22.5 Å². The maximum Gasteiger partial charge on any atom is 0.279 e. The molecule has 25 heavy (non-hydrogen) atoms. The van der Waals surface area contributed by atoms with Gasteiger partial charge in [0.1, 0.15) is 0 Å². The maximum absolute atomic E-state index is 13.2. The van der Waals surface area contributed by atoms with Gasteiger partial charge in [-0.25, -0.2) is 0 Å². The molecule has 0 N–H and O–H groups in total. The summed E-state index contributed by atoms with van der Waals surface area (Å²) < 4.78 is 0. The van der Waals surface area contributed by atoms with Gasteiger partial charge in [-0.05, 0) is 29.8 Å². The highest BCUT2D eigenvalue weighted by Gasteiger charge is 2.21. The molecule has 1 aliphatic rings. The molecule has 3 aromatic carbocycles. The molecule has 0 fully saturated rings. The van der Waals surface area contributed by atoms with Crippen LogP contribution >= 0.6 is 0 Å². The number of anilines is 1. The number of hydrazone groups is 1. The van der Waals surface area contributed by atoms with Gasteiger partial charge in [-0.3, -0.25) is 4.79 Å². The zero-order valence-electron chi connectivity index (χ0n) is 13.5. The third kappa shape index (κ3) is 3.00. The van der Waals surface area contributed by atoms with Gasteiger partial charge < -0.3 is 0 Å². The van der Waals surface area contributed by atoms with Gasteiger partial charge in [0.05, 0.1) is 11.4 Å². The van der Waals surface area contributed by atoms with E-state index in [4.69, 9.17) is 0 Å². The number of para-hydroxylation sites is 1. The topological polar surface area (TPSA) is 32.7 Å². The second-order valence-electron chi connectivity index (χ2n) is 5.72. The van der Waals surface area contributed by atoms with Crippen LogP contribution in [0.15, 0.2) is 96.1 Å². The van der Waals surface area contributed by atoms with Crippen LogP contribution in [0.25, 0.3) is 6.08 Å². The van der Waals surface area contributed by atoms with Crippen molar-refractivity contribution in [3.8, 4) is 0 Å². The lowest BCUT2D eigenvalue weighted by molar-refractivity contribution is 0.0987. The van der Waals surface area contributed by atoms with Crippen molar-refractivity contribution in [1.82, 2.24) is 0 Å². The molecular formula is C22H16N2O. The molecule has 3 nitrogen and oxygen atoms in total. The van der Waals surface area contributed by atoms with Crippen molar-refractivity contribution in [3.05, 3.63) is 108 Å². The number of hydrogen-bond donors (Lipinski definition) is 0. The quantitative estimate of drug-likeness (QED) is 0.668. The fourth-order valence-electron chi connectivity index (χ4n) is 2.81. The summed E-state index contributed by atoms with van der Waals surface area (Å²) in [5, 5.41) is 6.15. The monoisotopic (exact) mass is 324 g/mol. The van der Waals surface area contributed by atoms with Crippen LogP contribution < -0.4 is 5.01 Å². The predicted octanol–water partition coefficient (Wildman–Crippen LogP) is 4.76. The van der Waals surface area contributed by atoms with Gasteiger partial charge >= 0.3 is 0 Å². The molecule has 0 bridgehead atoms. The molecule has 0 unspecified atom stereocenters. The van der Waals surface area contributed by atoms with Crippen molar-refractivity contribution in [3.63, 3.8) is 0 Å². The molecule has 0 aromatic heterocycles. The second-order valence-corrected chi connectivity index (χ2v) is 5.72. The largest absolute Gasteiger partial charge is 0.279 e. The van der Waals surface area contributed by atoms with Crippen molar-refractivity contribution >= 4 is 23.4 Å². The average molecular weight is 324 g/mol. The Labute approximate surface area is 146 Å². The highest BCUT2D eigenvalue weighted by Crippen LogP contribution is 2.23. The van der Waals surface area contributed by atoms with Gasteiger partial charge in [0.2, 0.25) is 0 Å². The van der Waals surface area contributed by atoms with E-state index in [1.54, 1.807) is 0 Å². The molecular weight excluding hydrogens is 308 g/mol. The Morgan fingerprint density at radius 2 is 1.32 bits per heavy atom. The zero-order chi connectivity index (χ0) is 17.1. The van der Waals surface area contributed by atoms with Crippen molar-refractivity contribution in [1.29, 1.82) is 0 Å². The van der Waals surface area contributed by atoms with E-state index in [1.165, 1.54) is 5.01 Å². The van der Waals surface area contributed by atoms with E-state index in [1.807, 2.05) is 97.1 Å². The lowest BCUT2D eigenvalue weighted by Crippen LogP contribution is -2.28. The highest BCUT2D eigenvalue weighted by atomic mass is 16.2. The minimum Gasteiger partial charge on any atom is -0.267 e. The van der Waals surface area contributed by atoms with Crippen LogP contribution in [0.3, 0.4) is 0 Å². The third-order valence-electron chi connectivity index (χ3n) is 4.08. The Bertz CT molecular complexity index is 960. The van der Waals surface area contributed by atoms with Crippen molar-refractivity contribution in [2.24, 2.45) is 5.10 Å². The van der Waals surface area contributed by atoms with Gasteiger partial charge in [-0.15, -0.1) is 0 Å². The van der Waals surface area contributed by atoms with Crippen molar-refractivity contribution < 1.29 is 4.79 Å². The zero-order valence-corrected chi connectivity index (χ0v) is 13.5. The Hall–Kier alpha value is -3.46. The minimum atomic E-state index is -0.139. The summed E-state index contributed by atoms with van der Waals surface area (Å²) in [6, 6.07) is 27.0. The number of benzene rings is 3. The number of carbonyl (C=O) groups excluding carboxylic acids is 1. The lowest BCUT2D eigenvalue weighted by Gasteiger charge is -2.21. The molecule has 1 aliphatic heterocycles. The van der Waals surface area contributed by atoms with Gasteiger partial charge in [-0.1, -0.05) is 72.8 Å². The van der Waals surface area contributed by atoms with E-state index in [9.17, 15) is 4.79 Å². The number of rotatable bonds is 2. The van der Waals surface area contributed by atoms with Gasteiger partial charge in [0, 0.05) is 11.1 Å². The molecule has 1 heterocycles. The van der Waals surface area contributed by atoms with Crippen LogP contribution in [-0.4, -0.2) is 11.6 Å². The smallest absolute Gasteiger partial charge is 0.267 e. The molecule has 1 amide bonds. The molecule has 0 radical (unpaired) electrons. The molecule has 0 aliphatic carbocycles. The molecule has 3 heteroatoms. The SMILES string of the molecule is O=C1c2ccccc2/C=C\C(c2ccccc2)=N/N1c1ccccc1. The number of amides is 1. The number of nitrogens with zero attached hydrogens (tertiary/aromatic N) is 2. The van der Waals surface area contributed by atoms with E-state index >= 15 is 0 Å². The number of hydrogen-bond acceptors (Lipinski definition) is 2. The normalized spacial score (nSPS) is 17.0. The molecule has 0 spiro atoms. The van der Waals surface area contributed by atoms with E-state index in [0.29, 0.717) is 5.56 Å². The Kier molecular flexibility index (Phi) is 3.97. The summed E-state index contributed by atoms with van der Waals surface area (Å²) in [5.74, 6) is -0.139. The maximum atomic E-state index is 13.2. The highest BCUT2D eigenvalue weighted by molar-refractivity contribution is 6.16. The Morgan fingerprint density at radius 3 is 2.08 bits per heavy atom. The van der Waals surface area contributed by atoms with Crippen molar-refractivity contribution in [2.75, 3.05) is 5.01 Å². The Balaban J connectivity index is 1.92.